The average molecular weight is 488 g/mol. The van der Waals surface area contributed by atoms with Crippen molar-refractivity contribution in [1.82, 2.24) is 0 Å². The van der Waals surface area contributed by atoms with Gasteiger partial charge in [0.25, 0.3) is 0 Å². The predicted molar refractivity (Wildman–Crippen MR) is 132 cm³/mol. The average Bonchev–Trinajstić information content (AvgIpc) is 2.75. The molecule has 0 N–H and O–H groups in total. The molecule has 0 saturated heterocycles. The Morgan fingerprint density at radius 1 is 0.848 bits per heavy atom. The Morgan fingerprint density at radius 2 is 1.42 bits per heavy atom. The van der Waals surface area contributed by atoms with Crippen LogP contribution in [-0.2, 0) is 19.1 Å². The number of hydrogen-bond acceptors (Lipinski definition) is 5. The SMILES string of the molecule is CCOC(=O)C1=C(C)N(c2cccc(C)c2)C(C)=C(C(=O)OCC)C1c1ccc(Cl)c(Cl)c1. The lowest BCUT2D eigenvalue weighted by Gasteiger charge is -2.38. The van der Waals surface area contributed by atoms with Crippen LogP contribution in [0.5, 0.6) is 0 Å². The molecule has 0 aromatic heterocycles. The minimum Gasteiger partial charge on any atom is -0.463 e. The molecule has 174 valence electrons. The number of rotatable bonds is 6. The van der Waals surface area contributed by atoms with Crippen LogP contribution in [0.3, 0.4) is 0 Å². The van der Waals surface area contributed by atoms with E-state index in [0.717, 1.165) is 11.3 Å². The molecule has 3 rings (SSSR count). The highest BCUT2D eigenvalue weighted by Gasteiger charge is 2.41. The fourth-order valence-electron chi connectivity index (χ4n) is 4.18. The second-order valence-electron chi connectivity index (χ2n) is 7.72. The number of hydrogen-bond donors (Lipinski definition) is 0. The summed E-state index contributed by atoms with van der Waals surface area (Å²) < 4.78 is 10.9. The first kappa shape index (κ1) is 24.9. The fourth-order valence-corrected chi connectivity index (χ4v) is 4.49. The van der Waals surface area contributed by atoms with Crippen molar-refractivity contribution in [2.24, 2.45) is 0 Å². The third-order valence-corrected chi connectivity index (χ3v) is 6.29. The van der Waals surface area contributed by atoms with Gasteiger partial charge in [-0.1, -0.05) is 41.4 Å². The van der Waals surface area contributed by atoms with Gasteiger partial charge in [0.2, 0.25) is 0 Å². The predicted octanol–water partition coefficient (Wildman–Crippen LogP) is 6.58. The minimum absolute atomic E-state index is 0.200. The topological polar surface area (TPSA) is 55.8 Å². The monoisotopic (exact) mass is 487 g/mol. The largest absolute Gasteiger partial charge is 0.463 e. The van der Waals surface area contributed by atoms with E-state index in [1.165, 1.54) is 0 Å². The van der Waals surface area contributed by atoms with Crippen molar-refractivity contribution in [2.75, 3.05) is 18.1 Å². The molecule has 0 atom stereocenters. The Kier molecular flexibility index (Phi) is 7.88. The van der Waals surface area contributed by atoms with Crippen molar-refractivity contribution < 1.29 is 19.1 Å². The first-order valence-electron chi connectivity index (χ1n) is 10.8. The first-order chi connectivity index (χ1) is 15.7. The van der Waals surface area contributed by atoms with Crippen LogP contribution in [0.15, 0.2) is 65.0 Å². The maximum Gasteiger partial charge on any atom is 0.336 e. The second-order valence-corrected chi connectivity index (χ2v) is 8.53. The van der Waals surface area contributed by atoms with Crippen LogP contribution >= 0.6 is 23.2 Å². The van der Waals surface area contributed by atoms with Crippen molar-refractivity contribution in [2.45, 2.75) is 40.5 Å². The molecule has 0 saturated carbocycles. The molecule has 2 aromatic rings. The van der Waals surface area contributed by atoms with Gasteiger partial charge < -0.3 is 14.4 Å². The molecule has 1 heterocycles. The minimum atomic E-state index is -0.723. The molecular formula is C26H27Cl2NO4. The van der Waals surface area contributed by atoms with Crippen LogP contribution in [0, 0.1) is 6.92 Å². The molecule has 0 fully saturated rings. The van der Waals surface area contributed by atoms with Crippen LogP contribution in [0.25, 0.3) is 0 Å². The van der Waals surface area contributed by atoms with E-state index in [9.17, 15) is 9.59 Å². The molecule has 5 nitrogen and oxygen atoms in total. The number of halogens is 2. The van der Waals surface area contributed by atoms with Crippen molar-refractivity contribution in [3.8, 4) is 0 Å². The van der Waals surface area contributed by atoms with E-state index in [0.29, 0.717) is 38.1 Å². The lowest BCUT2D eigenvalue weighted by molar-refractivity contribution is -0.139. The number of anilines is 1. The highest BCUT2D eigenvalue weighted by Crippen LogP contribution is 2.45. The van der Waals surface area contributed by atoms with Gasteiger partial charge in [-0.15, -0.1) is 0 Å². The van der Waals surface area contributed by atoms with Gasteiger partial charge in [0.05, 0.1) is 40.3 Å². The molecule has 0 aliphatic carbocycles. The third-order valence-electron chi connectivity index (χ3n) is 5.56. The van der Waals surface area contributed by atoms with E-state index in [-0.39, 0.29) is 13.2 Å². The smallest absolute Gasteiger partial charge is 0.336 e. The number of carbonyl (C=O) groups is 2. The van der Waals surface area contributed by atoms with Gasteiger partial charge in [0.1, 0.15) is 0 Å². The summed E-state index contributed by atoms with van der Waals surface area (Å²) >= 11 is 12.5. The molecule has 0 spiro atoms. The van der Waals surface area contributed by atoms with Crippen molar-refractivity contribution in [1.29, 1.82) is 0 Å². The molecule has 0 bridgehead atoms. The van der Waals surface area contributed by atoms with Crippen LogP contribution in [0.1, 0.15) is 44.7 Å². The highest BCUT2D eigenvalue weighted by molar-refractivity contribution is 6.42. The molecule has 33 heavy (non-hydrogen) atoms. The summed E-state index contributed by atoms with van der Waals surface area (Å²) in [4.78, 5) is 28.5. The number of carbonyl (C=O) groups excluding carboxylic acids is 2. The number of ether oxygens (including phenoxy) is 2. The number of nitrogens with zero attached hydrogens (tertiary/aromatic N) is 1. The maximum atomic E-state index is 13.3. The zero-order valence-corrected chi connectivity index (χ0v) is 20.9. The van der Waals surface area contributed by atoms with Gasteiger partial charge in [-0.3, -0.25) is 0 Å². The summed E-state index contributed by atoms with van der Waals surface area (Å²) in [5.74, 6) is -1.73. The first-order valence-corrected chi connectivity index (χ1v) is 11.5. The van der Waals surface area contributed by atoms with Gasteiger partial charge in [0.15, 0.2) is 0 Å². The van der Waals surface area contributed by atoms with Gasteiger partial charge >= 0.3 is 11.9 Å². The van der Waals surface area contributed by atoms with Crippen molar-refractivity contribution in [3.05, 3.63) is 86.2 Å². The summed E-state index contributed by atoms with van der Waals surface area (Å²) in [6.45, 7) is 9.59. The van der Waals surface area contributed by atoms with Crippen LogP contribution < -0.4 is 4.90 Å². The molecule has 7 heteroatoms. The quantitative estimate of drug-likeness (QED) is 0.430. The summed E-state index contributed by atoms with van der Waals surface area (Å²) in [6.07, 6.45) is 0. The van der Waals surface area contributed by atoms with Crippen molar-refractivity contribution in [3.63, 3.8) is 0 Å². The van der Waals surface area contributed by atoms with E-state index < -0.39 is 17.9 Å². The molecule has 2 aromatic carbocycles. The normalized spacial score (nSPS) is 14.6. The number of allylic oxidation sites excluding steroid dienone is 2. The lowest BCUT2D eigenvalue weighted by atomic mass is 9.79. The van der Waals surface area contributed by atoms with E-state index in [4.69, 9.17) is 32.7 Å². The Labute approximate surface area is 204 Å². The van der Waals surface area contributed by atoms with E-state index in [1.807, 2.05) is 49.9 Å². The summed E-state index contributed by atoms with van der Waals surface area (Å²) in [7, 11) is 0. The van der Waals surface area contributed by atoms with E-state index in [2.05, 4.69) is 0 Å². The van der Waals surface area contributed by atoms with Gasteiger partial charge in [-0.25, -0.2) is 9.59 Å². The van der Waals surface area contributed by atoms with E-state index in [1.54, 1.807) is 32.0 Å². The van der Waals surface area contributed by atoms with Gasteiger partial charge in [-0.2, -0.15) is 0 Å². The Morgan fingerprint density at radius 3 is 1.91 bits per heavy atom. The standard InChI is InChI=1S/C26H27Cl2NO4/c1-6-32-25(30)22-16(4)29(19-10-8-9-15(3)13-19)17(5)23(26(31)33-7-2)24(22)18-11-12-20(27)21(28)14-18/h8-14,24H,6-7H2,1-5H3. The summed E-state index contributed by atoms with van der Waals surface area (Å²) in [5, 5.41) is 0.714. The molecular weight excluding hydrogens is 461 g/mol. The third kappa shape index (κ3) is 4.94. The molecule has 1 aliphatic heterocycles. The van der Waals surface area contributed by atoms with Crippen LogP contribution in [0.4, 0.5) is 5.69 Å². The number of esters is 2. The summed E-state index contributed by atoms with van der Waals surface area (Å²) in [6, 6.07) is 13.0. The van der Waals surface area contributed by atoms with Crippen molar-refractivity contribution >= 4 is 40.8 Å². The second kappa shape index (κ2) is 10.4. The maximum absolute atomic E-state index is 13.3. The molecule has 1 aliphatic rings. The van der Waals surface area contributed by atoms with Gasteiger partial charge in [0, 0.05) is 17.1 Å². The Hall–Kier alpha value is -2.76. The van der Waals surface area contributed by atoms with Crippen LogP contribution in [0.2, 0.25) is 10.0 Å². The highest BCUT2D eigenvalue weighted by atomic mass is 35.5. The zero-order valence-electron chi connectivity index (χ0n) is 19.4. The summed E-state index contributed by atoms with van der Waals surface area (Å²) in [5.41, 5.74) is 4.58. The Balaban J connectivity index is 2.35. The molecule has 0 amide bonds. The zero-order chi connectivity index (χ0) is 24.3. The molecule has 0 radical (unpaired) electrons. The fraction of sp³-hybridized carbons (Fsp3) is 0.308. The Bertz CT molecular complexity index is 1110. The number of aryl methyl sites for hydroxylation is 1. The van der Waals surface area contributed by atoms with Gasteiger partial charge in [-0.05, 0) is 70.0 Å². The van der Waals surface area contributed by atoms with E-state index >= 15 is 0 Å². The molecule has 0 unspecified atom stereocenters. The van der Waals surface area contributed by atoms with Crippen LogP contribution in [-0.4, -0.2) is 25.2 Å². The lowest BCUT2D eigenvalue weighted by Crippen LogP contribution is -2.35. The number of benzene rings is 2.